The fourth-order valence-electron chi connectivity index (χ4n) is 3.96. The maximum absolute atomic E-state index is 12.3. The number of hydrogen-bond acceptors (Lipinski definition) is 6. The summed E-state index contributed by atoms with van der Waals surface area (Å²) in [6, 6.07) is 1.84. The third-order valence-electron chi connectivity index (χ3n) is 5.84. The maximum atomic E-state index is 12.3. The summed E-state index contributed by atoms with van der Waals surface area (Å²) >= 11 is 0. The van der Waals surface area contributed by atoms with E-state index >= 15 is 0 Å². The average molecular weight is 401 g/mol. The number of aromatic nitrogens is 3. The van der Waals surface area contributed by atoms with Gasteiger partial charge in [0.25, 0.3) is 0 Å². The number of oxazole rings is 1. The molecule has 1 saturated heterocycles. The van der Waals surface area contributed by atoms with Gasteiger partial charge in [-0.2, -0.15) is 5.10 Å². The Hall–Kier alpha value is -2.84. The zero-order chi connectivity index (χ0) is 20.6. The number of likely N-dealkylation sites (tertiary alicyclic amines) is 1. The fraction of sp³-hybridized carbons (Fsp3) is 0.600. The van der Waals surface area contributed by atoms with E-state index in [4.69, 9.17) is 9.15 Å². The molecular formula is C20H27N5O4. The summed E-state index contributed by atoms with van der Waals surface area (Å²) in [5.41, 5.74) is 0.838. The van der Waals surface area contributed by atoms with Crippen LogP contribution >= 0.6 is 0 Å². The van der Waals surface area contributed by atoms with Gasteiger partial charge in [-0.05, 0) is 46.5 Å². The second kappa shape index (κ2) is 7.53. The van der Waals surface area contributed by atoms with E-state index in [1.54, 1.807) is 18.0 Å². The third kappa shape index (κ3) is 4.28. The highest BCUT2D eigenvalue weighted by Gasteiger charge is 2.41. The Kier molecular flexibility index (Phi) is 5.06. The normalized spacial score (nSPS) is 22.9. The molecule has 29 heavy (non-hydrogen) atoms. The van der Waals surface area contributed by atoms with Crippen LogP contribution in [0.3, 0.4) is 0 Å². The zero-order valence-corrected chi connectivity index (χ0v) is 17.0. The van der Waals surface area contributed by atoms with Crippen LogP contribution in [0.2, 0.25) is 0 Å². The number of carbonyl (C=O) groups is 2. The molecule has 2 aliphatic rings. The number of carbonyl (C=O) groups excluding carboxylic acids is 2. The number of amides is 2. The van der Waals surface area contributed by atoms with Crippen molar-refractivity contribution in [1.29, 1.82) is 0 Å². The van der Waals surface area contributed by atoms with Gasteiger partial charge in [0.15, 0.2) is 5.82 Å². The van der Waals surface area contributed by atoms with Crippen molar-refractivity contribution in [3.05, 3.63) is 29.6 Å². The van der Waals surface area contributed by atoms with Crippen molar-refractivity contribution < 1.29 is 18.7 Å². The number of hydrogen-bond donors (Lipinski definition) is 2. The van der Waals surface area contributed by atoms with E-state index < -0.39 is 0 Å². The number of rotatable bonds is 5. The number of aryl methyl sites for hydroxylation is 1. The number of aromatic amines is 1. The van der Waals surface area contributed by atoms with Gasteiger partial charge in [-0.1, -0.05) is 0 Å². The summed E-state index contributed by atoms with van der Waals surface area (Å²) in [5, 5.41) is 9.93. The van der Waals surface area contributed by atoms with E-state index in [9.17, 15) is 9.59 Å². The summed E-state index contributed by atoms with van der Waals surface area (Å²) in [5.74, 6) is 1.51. The molecule has 4 rings (SSSR count). The predicted molar refractivity (Wildman–Crippen MR) is 104 cm³/mol. The molecule has 2 aromatic heterocycles. The molecular weight excluding hydrogens is 374 g/mol. The Morgan fingerprint density at radius 2 is 2.24 bits per heavy atom. The molecule has 0 aromatic carbocycles. The van der Waals surface area contributed by atoms with Crippen LogP contribution in [0.1, 0.15) is 62.8 Å². The number of anilines is 1. The standard InChI is InChI=1S/C20H27N5O4/c1-12-11-21-18(28-12)10-17(26)22-16-9-15(23-24-16)13-4-5-14(8-13)29-19(27)25-7-6-20(25,2)3/h9,11,13-14H,4-8,10H2,1-3H3,(H2,22,23,24,26)/t13-,14+/m0/s1. The minimum Gasteiger partial charge on any atom is -0.446 e. The first-order valence-electron chi connectivity index (χ1n) is 10.0. The number of ether oxygens (including phenoxy) is 1. The van der Waals surface area contributed by atoms with Gasteiger partial charge in [0.2, 0.25) is 11.8 Å². The summed E-state index contributed by atoms with van der Waals surface area (Å²) in [7, 11) is 0. The number of nitrogens with zero attached hydrogens (tertiary/aromatic N) is 3. The molecule has 2 amide bonds. The number of H-pyrrole nitrogens is 1. The van der Waals surface area contributed by atoms with E-state index in [-0.39, 0.29) is 36.0 Å². The summed E-state index contributed by atoms with van der Waals surface area (Å²) < 4.78 is 11.0. The van der Waals surface area contributed by atoms with Crippen molar-refractivity contribution in [3.63, 3.8) is 0 Å². The molecule has 0 unspecified atom stereocenters. The first-order chi connectivity index (χ1) is 13.8. The van der Waals surface area contributed by atoms with Crippen LogP contribution in [0.15, 0.2) is 16.7 Å². The van der Waals surface area contributed by atoms with Crippen LogP contribution in [0, 0.1) is 6.92 Å². The van der Waals surface area contributed by atoms with Gasteiger partial charge in [0.1, 0.15) is 18.3 Å². The second-order valence-electron chi connectivity index (χ2n) is 8.53. The second-order valence-corrected chi connectivity index (χ2v) is 8.53. The minimum atomic E-state index is -0.236. The first kappa shape index (κ1) is 19.5. The molecule has 2 aromatic rings. The molecule has 156 valence electrons. The van der Waals surface area contributed by atoms with Crippen LogP contribution in [-0.4, -0.2) is 50.3 Å². The maximum Gasteiger partial charge on any atom is 0.410 e. The Bertz CT molecular complexity index is 902. The third-order valence-corrected chi connectivity index (χ3v) is 5.84. The van der Waals surface area contributed by atoms with Gasteiger partial charge in [0.05, 0.1) is 6.20 Å². The highest BCUT2D eigenvalue weighted by atomic mass is 16.6. The van der Waals surface area contributed by atoms with Crippen molar-refractivity contribution in [3.8, 4) is 0 Å². The molecule has 0 radical (unpaired) electrons. The van der Waals surface area contributed by atoms with Gasteiger partial charge in [-0.3, -0.25) is 9.89 Å². The molecule has 2 N–H and O–H groups in total. The van der Waals surface area contributed by atoms with Crippen molar-refractivity contribution in [2.75, 3.05) is 11.9 Å². The Morgan fingerprint density at radius 1 is 1.41 bits per heavy atom. The highest BCUT2D eigenvalue weighted by molar-refractivity contribution is 5.90. The van der Waals surface area contributed by atoms with Crippen molar-refractivity contribution in [1.82, 2.24) is 20.1 Å². The predicted octanol–water partition coefficient (Wildman–Crippen LogP) is 3.14. The lowest BCUT2D eigenvalue weighted by molar-refractivity contribution is -0.115. The minimum absolute atomic E-state index is 0.0599. The zero-order valence-electron chi connectivity index (χ0n) is 17.0. The fourth-order valence-corrected chi connectivity index (χ4v) is 3.96. The van der Waals surface area contributed by atoms with E-state index in [0.29, 0.717) is 17.5 Å². The van der Waals surface area contributed by atoms with Gasteiger partial charge >= 0.3 is 6.09 Å². The molecule has 2 atom stereocenters. The molecule has 1 aliphatic carbocycles. The molecule has 1 aliphatic heterocycles. The summed E-state index contributed by atoms with van der Waals surface area (Å²) in [6.07, 6.45) is 4.84. The molecule has 0 bridgehead atoms. The largest absolute Gasteiger partial charge is 0.446 e. The first-order valence-corrected chi connectivity index (χ1v) is 10.0. The lowest BCUT2D eigenvalue weighted by Gasteiger charge is -2.47. The molecule has 9 heteroatoms. The van der Waals surface area contributed by atoms with Gasteiger partial charge in [-0.25, -0.2) is 9.78 Å². The van der Waals surface area contributed by atoms with Crippen molar-refractivity contribution in [2.24, 2.45) is 0 Å². The van der Waals surface area contributed by atoms with E-state index in [2.05, 4.69) is 34.3 Å². The molecule has 9 nitrogen and oxygen atoms in total. The Balaban J connectivity index is 1.27. The molecule has 3 heterocycles. The van der Waals surface area contributed by atoms with E-state index in [1.165, 1.54) is 0 Å². The molecule has 1 saturated carbocycles. The summed E-state index contributed by atoms with van der Waals surface area (Å²) in [6.45, 7) is 6.65. The van der Waals surface area contributed by atoms with Crippen LogP contribution in [0.25, 0.3) is 0 Å². The number of nitrogens with one attached hydrogen (secondary N) is 2. The molecule has 0 spiro atoms. The van der Waals surface area contributed by atoms with E-state index in [1.807, 2.05) is 6.07 Å². The van der Waals surface area contributed by atoms with Crippen molar-refractivity contribution in [2.45, 2.75) is 70.4 Å². The molecule has 2 fully saturated rings. The van der Waals surface area contributed by atoms with Crippen LogP contribution in [0.4, 0.5) is 10.6 Å². The Labute approximate surface area is 169 Å². The van der Waals surface area contributed by atoms with Crippen LogP contribution in [-0.2, 0) is 16.0 Å². The van der Waals surface area contributed by atoms with Crippen LogP contribution in [0.5, 0.6) is 0 Å². The SMILES string of the molecule is Cc1cnc(CC(=O)Nc2cc([C@H]3CC[C@@H](OC(=O)N4CCC4(C)C)C3)[nH]n2)o1. The van der Waals surface area contributed by atoms with Crippen LogP contribution < -0.4 is 5.32 Å². The van der Waals surface area contributed by atoms with Gasteiger partial charge in [0, 0.05) is 29.8 Å². The summed E-state index contributed by atoms with van der Waals surface area (Å²) in [4.78, 5) is 30.3. The van der Waals surface area contributed by atoms with E-state index in [0.717, 1.165) is 37.9 Å². The lowest BCUT2D eigenvalue weighted by atomic mass is 9.90. The smallest absolute Gasteiger partial charge is 0.410 e. The van der Waals surface area contributed by atoms with Crippen molar-refractivity contribution >= 4 is 17.8 Å². The topological polar surface area (TPSA) is 113 Å². The lowest BCUT2D eigenvalue weighted by Crippen LogP contribution is -2.58. The Morgan fingerprint density at radius 3 is 2.90 bits per heavy atom. The highest BCUT2D eigenvalue weighted by Crippen LogP contribution is 2.37. The monoisotopic (exact) mass is 401 g/mol. The average Bonchev–Trinajstić information content (AvgIpc) is 3.36. The van der Waals surface area contributed by atoms with Gasteiger partial charge in [-0.15, -0.1) is 0 Å². The van der Waals surface area contributed by atoms with Gasteiger partial charge < -0.3 is 19.4 Å². The quantitative estimate of drug-likeness (QED) is 0.796.